The molecule has 0 amide bonds. The monoisotopic (exact) mass is 300 g/mol. The molecule has 0 aliphatic heterocycles. The van der Waals surface area contributed by atoms with Crippen molar-refractivity contribution in [3.8, 4) is 11.5 Å². The summed E-state index contributed by atoms with van der Waals surface area (Å²) in [5, 5.41) is 0. The third-order valence-electron chi connectivity index (χ3n) is 2.86. The first-order chi connectivity index (χ1) is 8.24. The van der Waals surface area contributed by atoms with Gasteiger partial charge in [0.05, 0.1) is 6.61 Å². The van der Waals surface area contributed by atoms with E-state index in [4.69, 9.17) is 14.2 Å². The summed E-state index contributed by atoms with van der Waals surface area (Å²) < 4.78 is 16.7. The highest BCUT2D eigenvalue weighted by atomic mass is 79.9. The van der Waals surface area contributed by atoms with Gasteiger partial charge in [-0.25, -0.2) is 0 Å². The van der Waals surface area contributed by atoms with Crippen molar-refractivity contribution in [2.24, 2.45) is 0 Å². The minimum absolute atomic E-state index is 0.126. The molecule has 3 atom stereocenters. The fourth-order valence-corrected chi connectivity index (χ4v) is 2.85. The molecule has 4 heteroatoms. The minimum atomic E-state index is 0.126. The van der Waals surface area contributed by atoms with E-state index in [0.29, 0.717) is 11.4 Å². The molecule has 17 heavy (non-hydrogen) atoms. The van der Waals surface area contributed by atoms with E-state index < -0.39 is 0 Å². The molecule has 0 radical (unpaired) electrons. The second-order valence-electron chi connectivity index (χ2n) is 4.02. The SMILES string of the molecule is CCOc1cccc(OC2CC(Br)C2OC)c1. The average Bonchev–Trinajstić information content (AvgIpc) is 2.30. The highest BCUT2D eigenvalue weighted by Crippen LogP contribution is 2.34. The summed E-state index contributed by atoms with van der Waals surface area (Å²) in [5.74, 6) is 1.68. The van der Waals surface area contributed by atoms with Crippen LogP contribution in [0.4, 0.5) is 0 Å². The first-order valence-corrected chi connectivity index (χ1v) is 6.72. The molecule has 1 aliphatic carbocycles. The predicted octanol–water partition coefficient (Wildman–Crippen LogP) is 3.01. The number of hydrogen-bond acceptors (Lipinski definition) is 3. The molecular weight excluding hydrogens is 284 g/mol. The van der Waals surface area contributed by atoms with Crippen molar-refractivity contribution in [2.45, 2.75) is 30.4 Å². The van der Waals surface area contributed by atoms with Crippen LogP contribution in [0, 0.1) is 0 Å². The lowest BCUT2D eigenvalue weighted by Gasteiger charge is -2.40. The van der Waals surface area contributed by atoms with Crippen LogP contribution in [0.15, 0.2) is 24.3 Å². The number of methoxy groups -OCH3 is 1. The standard InChI is InChI=1S/C13H17BrO3/c1-3-16-9-5-4-6-10(7-9)17-12-8-11(14)13(12)15-2/h4-7,11-13H,3,8H2,1-2H3. The molecule has 1 saturated carbocycles. The smallest absolute Gasteiger partial charge is 0.127 e. The van der Waals surface area contributed by atoms with Gasteiger partial charge in [0.25, 0.3) is 0 Å². The van der Waals surface area contributed by atoms with Gasteiger partial charge in [-0.2, -0.15) is 0 Å². The van der Waals surface area contributed by atoms with Crippen LogP contribution in [0.3, 0.4) is 0 Å². The van der Waals surface area contributed by atoms with Crippen molar-refractivity contribution in [1.82, 2.24) is 0 Å². The zero-order chi connectivity index (χ0) is 12.3. The Hall–Kier alpha value is -0.740. The number of ether oxygens (including phenoxy) is 3. The topological polar surface area (TPSA) is 27.7 Å². The van der Waals surface area contributed by atoms with Crippen LogP contribution in [-0.2, 0) is 4.74 Å². The predicted molar refractivity (Wildman–Crippen MR) is 70.2 cm³/mol. The molecule has 3 unspecified atom stereocenters. The molecule has 94 valence electrons. The molecule has 2 rings (SSSR count). The molecule has 0 spiro atoms. The second kappa shape index (κ2) is 5.74. The Morgan fingerprint density at radius 1 is 1.35 bits per heavy atom. The summed E-state index contributed by atoms with van der Waals surface area (Å²) in [6.07, 6.45) is 1.23. The number of alkyl halides is 1. The maximum atomic E-state index is 5.88. The van der Waals surface area contributed by atoms with E-state index in [-0.39, 0.29) is 12.2 Å². The Labute approximate surface area is 110 Å². The van der Waals surface area contributed by atoms with Crippen LogP contribution in [-0.4, -0.2) is 30.8 Å². The average molecular weight is 301 g/mol. The van der Waals surface area contributed by atoms with Gasteiger partial charge in [0, 0.05) is 24.4 Å². The Balaban J connectivity index is 1.97. The normalized spacial score (nSPS) is 27.4. The van der Waals surface area contributed by atoms with Crippen LogP contribution in [0.1, 0.15) is 13.3 Å². The van der Waals surface area contributed by atoms with Gasteiger partial charge >= 0.3 is 0 Å². The lowest BCUT2D eigenvalue weighted by molar-refractivity contribution is -0.0545. The van der Waals surface area contributed by atoms with Crippen LogP contribution < -0.4 is 9.47 Å². The van der Waals surface area contributed by atoms with Crippen molar-refractivity contribution < 1.29 is 14.2 Å². The summed E-state index contributed by atoms with van der Waals surface area (Å²) >= 11 is 3.55. The number of rotatable bonds is 5. The van der Waals surface area contributed by atoms with Crippen molar-refractivity contribution in [3.63, 3.8) is 0 Å². The van der Waals surface area contributed by atoms with E-state index in [1.807, 2.05) is 31.2 Å². The van der Waals surface area contributed by atoms with Gasteiger partial charge < -0.3 is 14.2 Å². The molecule has 0 N–H and O–H groups in total. The molecule has 0 aromatic heterocycles. The van der Waals surface area contributed by atoms with Crippen LogP contribution in [0.25, 0.3) is 0 Å². The first kappa shape index (κ1) is 12.7. The van der Waals surface area contributed by atoms with Crippen LogP contribution in [0.5, 0.6) is 11.5 Å². The number of halogens is 1. The van der Waals surface area contributed by atoms with Gasteiger partial charge in [-0.05, 0) is 19.1 Å². The molecule has 0 heterocycles. The van der Waals surface area contributed by atoms with E-state index >= 15 is 0 Å². The lowest BCUT2D eigenvalue weighted by atomic mass is 9.91. The number of hydrogen-bond donors (Lipinski definition) is 0. The lowest BCUT2D eigenvalue weighted by Crippen LogP contribution is -2.51. The maximum absolute atomic E-state index is 5.88. The molecule has 1 aromatic rings. The second-order valence-corrected chi connectivity index (χ2v) is 5.19. The Morgan fingerprint density at radius 3 is 2.76 bits per heavy atom. The zero-order valence-corrected chi connectivity index (χ0v) is 11.6. The highest BCUT2D eigenvalue weighted by Gasteiger charge is 2.41. The van der Waals surface area contributed by atoms with Crippen LogP contribution in [0.2, 0.25) is 0 Å². The fourth-order valence-electron chi connectivity index (χ4n) is 1.92. The summed E-state index contributed by atoms with van der Waals surface area (Å²) in [6, 6.07) is 7.72. The third kappa shape index (κ3) is 2.93. The van der Waals surface area contributed by atoms with Gasteiger partial charge in [-0.15, -0.1) is 0 Å². The Kier molecular flexibility index (Phi) is 4.29. The zero-order valence-electron chi connectivity index (χ0n) is 10.1. The first-order valence-electron chi connectivity index (χ1n) is 5.81. The molecule has 1 aromatic carbocycles. The number of benzene rings is 1. The van der Waals surface area contributed by atoms with Gasteiger partial charge in [-0.1, -0.05) is 22.0 Å². The Morgan fingerprint density at radius 2 is 2.12 bits per heavy atom. The van der Waals surface area contributed by atoms with Gasteiger partial charge in [0.1, 0.15) is 23.7 Å². The quantitative estimate of drug-likeness (QED) is 0.783. The summed E-state index contributed by atoms with van der Waals surface area (Å²) in [5.41, 5.74) is 0. The molecule has 3 nitrogen and oxygen atoms in total. The summed E-state index contributed by atoms with van der Waals surface area (Å²) in [6.45, 7) is 2.63. The van der Waals surface area contributed by atoms with E-state index in [1.165, 1.54) is 0 Å². The van der Waals surface area contributed by atoms with Crippen molar-refractivity contribution in [2.75, 3.05) is 13.7 Å². The van der Waals surface area contributed by atoms with Crippen molar-refractivity contribution >= 4 is 15.9 Å². The van der Waals surface area contributed by atoms with Crippen molar-refractivity contribution in [3.05, 3.63) is 24.3 Å². The van der Waals surface area contributed by atoms with Crippen LogP contribution >= 0.6 is 15.9 Å². The van der Waals surface area contributed by atoms with Gasteiger partial charge in [-0.3, -0.25) is 0 Å². The van der Waals surface area contributed by atoms with E-state index in [1.54, 1.807) is 7.11 Å². The molecule has 0 bridgehead atoms. The minimum Gasteiger partial charge on any atom is -0.494 e. The van der Waals surface area contributed by atoms with Gasteiger partial charge in [0.15, 0.2) is 0 Å². The fraction of sp³-hybridized carbons (Fsp3) is 0.538. The van der Waals surface area contributed by atoms with E-state index in [2.05, 4.69) is 15.9 Å². The molecule has 0 saturated heterocycles. The third-order valence-corrected chi connectivity index (χ3v) is 3.75. The Bertz CT molecular complexity index is 369. The van der Waals surface area contributed by atoms with E-state index in [0.717, 1.165) is 17.9 Å². The van der Waals surface area contributed by atoms with Gasteiger partial charge in [0.2, 0.25) is 0 Å². The molecule has 1 aliphatic rings. The van der Waals surface area contributed by atoms with E-state index in [9.17, 15) is 0 Å². The molecular formula is C13H17BrO3. The summed E-state index contributed by atoms with van der Waals surface area (Å²) in [7, 11) is 1.71. The largest absolute Gasteiger partial charge is 0.494 e. The molecule has 1 fully saturated rings. The summed E-state index contributed by atoms with van der Waals surface area (Å²) in [4.78, 5) is 0.396. The van der Waals surface area contributed by atoms with Crippen molar-refractivity contribution in [1.29, 1.82) is 0 Å². The maximum Gasteiger partial charge on any atom is 0.127 e. The highest BCUT2D eigenvalue weighted by molar-refractivity contribution is 9.09.